The molecule has 0 unspecified atom stereocenters. The third-order valence-electron chi connectivity index (χ3n) is 9.07. The normalized spacial score (nSPS) is 20.2. The summed E-state index contributed by atoms with van der Waals surface area (Å²) in [6.07, 6.45) is 2.40. The lowest BCUT2D eigenvalue weighted by molar-refractivity contribution is -0.139. The van der Waals surface area contributed by atoms with E-state index in [4.69, 9.17) is 0 Å². The Labute approximate surface area is 321 Å². The number of aromatic amines is 1. The number of nitrogens with one attached hydrogen (secondary N) is 4. The molecule has 0 saturated heterocycles. The number of aryl methyl sites for hydroxylation is 1. The van der Waals surface area contributed by atoms with Crippen LogP contribution in [0.25, 0.3) is 10.9 Å². The van der Waals surface area contributed by atoms with Gasteiger partial charge in [-0.25, -0.2) is 9.97 Å². The second-order valence-corrected chi connectivity index (χ2v) is 16.0. The number of carbonyl (C=O) groups excluding carboxylic acids is 6. The van der Waals surface area contributed by atoms with Gasteiger partial charge in [0.2, 0.25) is 29.5 Å². The first-order valence-electron chi connectivity index (χ1n) is 17.8. The monoisotopic (exact) mass is 777 g/mol. The minimum Gasteiger partial charge on any atom is -0.361 e. The summed E-state index contributed by atoms with van der Waals surface area (Å²) in [7, 11) is 3.02. The first-order chi connectivity index (χ1) is 25.7. The summed E-state index contributed by atoms with van der Waals surface area (Å²) >= 11 is 2.63. The van der Waals surface area contributed by atoms with E-state index in [1.165, 1.54) is 51.3 Å². The second kappa shape index (κ2) is 17.8. The highest BCUT2D eigenvalue weighted by Gasteiger charge is 2.30. The van der Waals surface area contributed by atoms with E-state index in [9.17, 15) is 28.8 Å². The number of rotatable bonds is 6. The molecule has 288 valence electrons. The zero-order valence-corrected chi connectivity index (χ0v) is 32.9. The predicted molar refractivity (Wildman–Crippen MR) is 206 cm³/mol. The molecule has 0 saturated carbocycles. The van der Waals surface area contributed by atoms with Gasteiger partial charge in [-0.05, 0) is 37.8 Å². The highest BCUT2D eigenvalue weighted by atomic mass is 32.1. The van der Waals surface area contributed by atoms with Crippen molar-refractivity contribution in [2.45, 2.75) is 65.1 Å². The number of hydrogen-bond acceptors (Lipinski definition) is 10. The molecule has 6 amide bonds. The Morgan fingerprint density at radius 1 is 0.889 bits per heavy atom. The SMILES string of the molecule is Cc1nc(CC(=O)N2CCN(C)C(=O)[C@H](C)NC(=O)CN(C)C(=O)[C@@H](Cc3c[nH]c4ccccc34)NC(=O)c3csc(n3)[C@H](CC(C)C)NC(=O)C2)cs1. The fraction of sp³-hybridized carbons (Fsp3) is 0.459. The molecule has 4 heterocycles. The molecule has 0 spiro atoms. The number of thiazole rings is 2. The van der Waals surface area contributed by atoms with Crippen LogP contribution in [0, 0.1) is 12.8 Å². The van der Waals surface area contributed by atoms with Gasteiger partial charge in [-0.2, -0.15) is 0 Å². The van der Waals surface area contributed by atoms with Crippen molar-refractivity contribution in [3.05, 3.63) is 68.2 Å². The molecule has 4 N–H and O–H groups in total. The summed E-state index contributed by atoms with van der Waals surface area (Å²) < 4.78 is 0. The van der Waals surface area contributed by atoms with Crippen LogP contribution in [0.4, 0.5) is 0 Å². The van der Waals surface area contributed by atoms with Gasteiger partial charge in [-0.3, -0.25) is 28.8 Å². The van der Waals surface area contributed by atoms with Gasteiger partial charge in [-0.15, -0.1) is 22.7 Å². The summed E-state index contributed by atoms with van der Waals surface area (Å²) in [5.74, 6) is -2.72. The Bertz CT molecular complexity index is 2000. The van der Waals surface area contributed by atoms with Gasteiger partial charge in [-0.1, -0.05) is 32.0 Å². The molecular formula is C37H47N9O6S2. The highest BCUT2D eigenvalue weighted by Crippen LogP contribution is 2.25. The van der Waals surface area contributed by atoms with Gasteiger partial charge in [0.15, 0.2) is 0 Å². The number of aromatic nitrogens is 3. The van der Waals surface area contributed by atoms with Crippen LogP contribution >= 0.6 is 22.7 Å². The van der Waals surface area contributed by atoms with Gasteiger partial charge in [0.25, 0.3) is 5.91 Å². The standard InChI is InChI=1S/C37H47N9O6S2/c1-21(2)13-28-35-43-30(20-54-35)34(50)42-29(14-24-16-38-27-10-8-7-9-26(24)27)37(52)45(6)17-31(47)39-22(3)36(51)44(5)11-12-46(18-32(48)41-28)33(49)15-25-19-53-23(4)40-25/h7-10,16,19-22,28-29,38H,11-15,17-18H2,1-6H3,(H,39,47)(H,41,48)(H,42,50)/t22-,28-,29+/m0/s1. The molecule has 1 aliphatic heterocycles. The quantitative estimate of drug-likeness (QED) is 0.230. The molecule has 1 aromatic carbocycles. The predicted octanol–water partition coefficient (Wildman–Crippen LogP) is 2.44. The van der Waals surface area contributed by atoms with E-state index in [1.54, 1.807) is 24.0 Å². The molecule has 4 aromatic rings. The number of para-hydroxylation sites is 1. The molecule has 5 rings (SSSR count). The summed E-state index contributed by atoms with van der Waals surface area (Å²) in [6, 6.07) is 5.02. The van der Waals surface area contributed by atoms with E-state index in [2.05, 4.69) is 30.9 Å². The van der Waals surface area contributed by atoms with Crippen molar-refractivity contribution < 1.29 is 28.8 Å². The number of fused-ring (bicyclic) bond motifs is 3. The Hall–Kier alpha value is -5.16. The summed E-state index contributed by atoms with van der Waals surface area (Å²) in [6.45, 7) is 6.86. The molecule has 2 bridgehead atoms. The van der Waals surface area contributed by atoms with Gasteiger partial charge in [0.1, 0.15) is 22.8 Å². The van der Waals surface area contributed by atoms with Crippen LogP contribution in [-0.2, 0) is 36.8 Å². The first-order valence-corrected chi connectivity index (χ1v) is 19.5. The lowest BCUT2D eigenvalue weighted by atomic mass is 10.0. The summed E-state index contributed by atoms with van der Waals surface area (Å²) in [5, 5.41) is 14.1. The average molecular weight is 778 g/mol. The van der Waals surface area contributed by atoms with E-state index >= 15 is 0 Å². The molecule has 3 aromatic heterocycles. The molecule has 3 atom stereocenters. The Morgan fingerprint density at radius 3 is 2.35 bits per heavy atom. The zero-order chi connectivity index (χ0) is 39.1. The summed E-state index contributed by atoms with van der Waals surface area (Å²) in [4.78, 5) is 97.5. The van der Waals surface area contributed by atoms with Crippen molar-refractivity contribution in [2.24, 2.45) is 5.92 Å². The van der Waals surface area contributed by atoms with Gasteiger partial charge < -0.3 is 35.6 Å². The second-order valence-electron chi connectivity index (χ2n) is 14.0. The molecule has 15 nitrogen and oxygen atoms in total. The van der Waals surface area contributed by atoms with Gasteiger partial charge in [0, 0.05) is 61.5 Å². The van der Waals surface area contributed by atoms with Crippen molar-refractivity contribution in [3.8, 4) is 0 Å². The van der Waals surface area contributed by atoms with Gasteiger partial charge in [0.05, 0.1) is 36.3 Å². The third kappa shape index (κ3) is 10.3. The number of benzene rings is 1. The van der Waals surface area contributed by atoms with Crippen molar-refractivity contribution in [2.75, 3.05) is 40.3 Å². The summed E-state index contributed by atoms with van der Waals surface area (Å²) in [5.41, 5.74) is 2.33. The van der Waals surface area contributed by atoms with Crippen LogP contribution in [0.3, 0.4) is 0 Å². The maximum absolute atomic E-state index is 13.9. The first kappa shape index (κ1) is 40.0. The number of amides is 6. The minimum absolute atomic E-state index is 0.0182. The maximum atomic E-state index is 13.9. The van der Waals surface area contributed by atoms with E-state index in [-0.39, 0.29) is 56.5 Å². The minimum atomic E-state index is -1.07. The smallest absolute Gasteiger partial charge is 0.271 e. The Morgan fingerprint density at radius 2 is 1.63 bits per heavy atom. The van der Waals surface area contributed by atoms with Crippen LogP contribution in [-0.4, -0.2) is 117 Å². The van der Waals surface area contributed by atoms with Crippen molar-refractivity contribution in [1.82, 2.24) is 45.6 Å². The van der Waals surface area contributed by atoms with Crippen LogP contribution in [0.15, 0.2) is 41.2 Å². The van der Waals surface area contributed by atoms with Crippen LogP contribution in [0.5, 0.6) is 0 Å². The maximum Gasteiger partial charge on any atom is 0.271 e. The average Bonchev–Trinajstić information content (AvgIpc) is 3.88. The van der Waals surface area contributed by atoms with E-state index in [1.807, 2.05) is 45.0 Å². The van der Waals surface area contributed by atoms with Gasteiger partial charge >= 0.3 is 0 Å². The molecule has 17 heteroatoms. The molecule has 1 aliphatic rings. The van der Waals surface area contributed by atoms with E-state index in [0.717, 1.165) is 21.5 Å². The number of H-pyrrole nitrogens is 1. The third-order valence-corrected chi connectivity index (χ3v) is 10.9. The van der Waals surface area contributed by atoms with Crippen molar-refractivity contribution in [3.63, 3.8) is 0 Å². The van der Waals surface area contributed by atoms with E-state index < -0.39 is 47.7 Å². The van der Waals surface area contributed by atoms with Crippen molar-refractivity contribution >= 4 is 69.0 Å². The Kier molecular flexibility index (Phi) is 13.2. The lowest BCUT2D eigenvalue weighted by Gasteiger charge is -2.28. The van der Waals surface area contributed by atoms with Crippen LogP contribution in [0.2, 0.25) is 0 Å². The molecule has 54 heavy (non-hydrogen) atoms. The van der Waals surface area contributed by atoms with Crippen LogP contribution in [0.1, 0.15) is 65.0 Å². The lowest BCUT2D eigenvalue weighted by Crippen LogP contribution is -2.53. The fourth-order valence-electron chi connectivity index (χ4n) is 6.28. The Balaban J connectivity index is 1.45. The van der Waals surface area contributed by atoms with Crippen molar-refractivity contribution in [1.29, 1.82) is 0 Å². The number of likely N-dealkylation sites (N-methyl/N-ethyl adjacent to an activating group) is 2. The number of hydrogen-bond donors (Lipinski definition) is 4. The zero-order valence-electron chi connectivity index (χ0n) is 31.3. The van der Waals surface area contributed by atoms with E-state index in [0.29, 0.717) is 17.1 Å². The topological polar surface area (TPSA) is 190 Å². The molecule has 0 aliphatic carbocycles. The number of nitrogens with zero attached hydrogens (tertiary/aromatic N) is 5. The van der Waals surface area contributed by atoms with Crippen LogP contribution < -0.4 is 16.0 Å². The molecule has 0 fully saturated rings. The molecular weight excluding hydrogens is 731 g/mol. The highest BCUT2D eigenvalue weighted by molar-refractivity contribution is 7.10. The largest absolute Gasteiger partial charge is 0.361 e. The molecule has 0 radical (unpaired) electrons. The number of carbonyl (C=O) groups is 6. The fourth-order valence-corrected chi connectivity index (χ4v) is 7.75.